The van der Waals surface area contributed by atoms with Gasteiger partial charge < -0.3 is 20.6 Å². The van der Waals surface area contributed by atoms with Crippen LogP contribution >= 0.6 is 0 Å². The Morgan fingerprint density at radius 1 is 1.38 bits per heavy atom. The van der Waals surface area contributed by atoms with E-state index in [4.69, 9.17) is 5.11 Å². The molecule has 1 atom stereocenters. The molecule has 0 radical (unpaired) electrons. The zero-order valence-corrected chi connectivity index (χ0v) is 12.3. The molecule has 0 saturated carbocycles. The first-order valence-corrected chi connectivity index (χ1v) is 6.96. The molecule has 1 aromatic rings. The summed E-state index contributed by atoms with van der Waals surface area (Å²) < 4.78 is 0. The lowest BCUT2D eigenvalue weighted by Gasteiger charge is -2.25. The molecule has 6 heteroatoms. The second-order valence-electron chi connectivity index (χ2n) is 5.88. The van der Waals surface area contributed by atoms with Gasteiger partial charge in [0.2, 0.25) is 5.91 Å². The molecule has 1 saturated heterocycles. The molecule has 0 unspecified atom stereocenters. The van der Waals surface area contributed by atoms with Gasteiger partial charge in [0.15, 0.2) is 0 Å². The van der Waals surface area contributed by atoms with Crippen LogP contribution in [-0.2, 0) is 4.79 Å². The van der Waals surface area contributed by atoms with Gasteiger partial charge >= 0.3 is 6.03 Å². The van der Waals surface area contributed by atoms with Crippen molar-refractivity contribution < 1.29 is 14.7 Å². The average molecular weight is 291 g/mol. The molecule has 6 nitrogen and oxygen atoms in total. The Kier molecular flexibility index (Phi) is 4.47. The summed E-state index contributed by atoms with van der Waals surface area (Å²) in [5.74, 6) is -0.00656. The number of carbonyl (C=O) groups excluding carboxylic acids is 2. The van der Waals surface area contributed by atoms with Gasteiger partial charge in [-0.15, -0.1) is 0 Å². The van der Waals surface area contributed by atoms with Gasteiger partial charge in [0, 0.05) is 18.7 Å². The first-order valence-electron chi connectivity index (χ1n) is 6.96. The third-order valence-corrected chi connectivity index (χ3v) is 3.38. The third-order valence-electron chi connectivity index (χ3n) is 3.38. The maximum Gasteiger partial charge on any atom is 0.315 e. The van der Waals surface area contributed by atoms with E-state index in [1.807, 2.05) is 30.3 Å². The number of rotatable bonds is 4. The van der Waals surface area contributed by atoms with Crippen LogP contribution in [0.25, 0.3) is 0 Å². The number of aliphatic hydroxyl groups excluding tert-OH is 1. The number of nitrogens with zero attached hydrogens (tertiary/aromatic N) is 1. The van der Waals surface area contributed by atoms with Crippen molar-refractivity contribution in [2.45, 2.75) is 31.8 Å². The van der Waals surface area contributed by atoms with Crippen molar-refractivity contribution in [3.63, 3.8) is 0 Å². The van der Waals surface area contributed by atoms with Crippen molar-refractivity contribution in [1.29, 1.82) is 0 Å². The molecular weight excluding hydrogens is 270 g/mol. The summed E-state index contributed by atoms with van der Waals surface area (Å²) in [6, 6.07) is 8.78. The Balaban J connectivity index is 1.93. The van der Waals surface area contributed by atoms with Crippen LogP contribution in [0, 0.1) is 0 Å². The summed E-state index contributed by atoms with van der Waals surface area (Å²) in [5, 5.41) is 14.6. The Morgan fingerprint density at radius 2 is 2.05 bits per heavy atom. The molecule has 3 amide bonds. The fourth-order valence-corrected chi connectivity index (χ4v) is 2.23. The van der Waals surface area contributed by atoms with Crippen LogP contribution in [0.4, 0.5) is 10.5 Å². The number of aliphatic hydroxyl groups is 1. The highest BCUT2D eigenvalue weighted by Crippen LogP contribution is 2.20. The topological polar surface area (TPSA) is 81.7 Å². The largest absolute Gasteiger partial charge is 0.394 e. The Bertz CT molecular complexity index is 516. The zero-order valence-electron chi connectivity index (χ0n) is 12.3. The van der Waals surface area contributed by atoms with Crippen molar-refractivity contribution in [2.24, 2.45) is 0 Å². The van der Waals surface area contributed by atoms with Crippen LogP contribution < -0.4 is 15.5 Å². The highest BCUT2D eigenvalue weighted by molar-refractivity contribution is 5.96. The van der Waals surface area contributed by atoms with E-state index in [1.165, 1.54) is 0 Å². The Morgan fingerprint density at radius 3 is 2.67 bits per heavy atom. The van der Waals surface area contributed by atoms with Crippen LogP contribution in [0.3, 0.4) is 0 Å². The van der Waals surface area contributed by atoms with E-state index in [0.29, 0.717) is 6.54 Å². The number of hydrogen-bond acceptors (Lipinski definition) is 3. The molecule has 0 spiro atoms. The molecule has 2 rings (SSSR count). The Hall–Kier alpha value is -2.08. The Labute approximate surface area is 124 Å². The molecule has 114 valence electrons. The van der Waals surface area contributed by atoms with Crippen LogP contribution in [-0.4, -0.2) is 41.8 Å². The van der Waals surface area contributed by atoms with Crippen LogP contribution in [0.2, 0.25) is 0 Å². The molecule has 1 aromatic carbocycles. The van der Waals surface area contributed by atoms with E-state index in [0.717, 1.165) is 5.69 Å². The maximum absolute atomic E-state index is 12.0. The van der Waals surface area contributed by atoms with E-state index in [2.05, 4.69) is 10.6 Å². The van der Waals surface area contributed by atoms with Crippen molar-refractivity contribution in [3.8, 4) is 0 Å². The van der Waals surface area contributed by atoms with Crippen LogP contribution in [0.15, 0.2) is 30.3 Å². The van der Waals surface area contributed by atoms with Crippen LogP contribution in [0.1, 0.15) is 20.3 Å². The van der Waals surface area contributed by atoms with E-state index in [9.17, 15) is 9.59 Å². The number of benzene rings is 1. The predicted octanol–water partition coefficient (Wildman–Crippen LogP) is 0.862. The molecule has 0 aliphatic carbocycles. The number of hydrogen-bond donors (Lipinski definition) is 3. The summed E-state index contributed by atoms with van der Waals surface area (Å²) >= 11 is 0. The zero-order chi connectivity index (χ0) is 15.5. The smallest absolute Gasteiger partial charge is 0.315 e. The summed E-state index contributed by atoms with van der Waals surface area (Å²) in [4.78, 5) is 25.6. The fraction of sp³-hybridized carbons (Fsp3) is 0.467. The number of carbonyl (C=O) groups is 2. The molecule has 0 bridgehead atoms. The monoisotopic (exact) mass is 291 g/mol. The van der Waals surface area contributed by atoms with E-state index >= 15 is 0 Å². The minimum absolute atomic E-state index is 0.00656. The minimum Gasteiger partial charge on any atom is -0.394 e. The molecule has 3 N–H and O–H groups in total. The van der Waals surface area contributed by atoms with Gasteiger partial charge in [0.1, 0.15) is 0 Å². The molecule has 21 heavy (non-hydrogen) atoms. The lowest BCUT2D eigenvalue weighted by molar-refractivity contribution is -0.117. The van der Waals surface area contributed by atoms with E-state index in [1.54, 1.807) is 18.7 Å². The van der Waals surface area contributed by atoms with Gasteiger partial charge in [-0.25, -0.2) is 4.79 Å². The number of nitrogens with one attached hydrogen (secondary N) is 2. The van der Waals surface area contributed by atoms with Crippen molar-refractivity contribution in [2.75, 3.05) is 18.1 Å². The van der Waals surface area contributed by atoms with E-state index in [-0.39, 0.29) is 31.0 Å². The predicted molar refractivity (Wildman–Crippen MR) is 80.0 cm³/mol. The minimum atomic E-state index is -0.689. The number of anilines is 1. The standard InChI is InChI=1S/C15H21N3O3/c1-15(2,10-19)17-14(21)16-11-8-13(20)18(9-11)12-6-4-3-5-7-12/h3-7,11,19H,8-10H2,1-2H3,(H2,16,17,21)/t11-/m0/s1. The quantitative estimate of drug-likeness (QED) is 0.769. The van der Waals surface area contributed by atoms with Gasteiger partial charge in [-0.2, -0.15) is 0 Å². The van der Waals surface area contributed by atoms with Gasteiger partial charge in [-0.3, -0.25) is 4.79 Å². The molecule has 1 heterocycles. The fourth-order valence-electron chi connectivity index (χ4n) is 2.23. The van der Waals surface area contributed by atoms with Gasteiger partial charge in [-0.05, 0) is 26.0 Å². The molecule has 1 aliphatic rings. The first-order chi connectivity index (χ1) is 9.91. The normalized spacial score (nSPS) is 18.7. The van der Waals surface area contributed by atoms with Gasteiger partial charge in [0.25, 0.3) is 0 Å². The van der Waals surface area contributed by atoms with Gasteiger partial charge in [0.05, 0.1) is 18.2 Å². The van der Waals surface area contributed by atoms with Gasteiger partial charge in [-0.1, -0.05) is 18.2 Å². The highest BCUT2D eigenvalue weighted by Gasteiger charge is 2.32. The lowest BCUT2D eigenvalue weighted by Crippen LogP contribution is -2.53. The SMILES string of the molecule is CC(C)(CO)NC(=O)N[C@H]1CC(=O)N(c2ccccc2)C1. The molecule has 1 aliphatic heterocycles. The maximum atomic E-state index is 12.0. The second kappa shape index (κ2) is 6.13. The molecular formula is C15H21N3O3. The second-order valence-corrected chi connectivity index (χ2v) is 5.88. The number of urea groups is 1. The number of amides is 3. The highest BCUT2D eigenvalue weighted by atomic mass is 16.3. The molecule has 1 fully saturated rings. The van der Waals surface area contributed by atoms with Crippen molar-refractivity contribution >= 4 is 17.6 Å². The summed E-state index contributed by atoms with van der Waals surface area (Å²) in [5.41, 5.74) is 0.147. The summed E-state index contributed by atoms with van der Waals surface area (Å²) in [6.45, 7) is 3.75. The van der Waals surface area contributed by atoms with Crippen molar-refractivity contribution in [3.05, 3.63) is 30.3 Å². The number of para-hydroxylation sites is 1. The average Bonchev–Trinajstić information content (AvgIpc) is 2.79. The summed E-state index contributed by atoms with van der Waals surface area (Å²) in [7, 11) is 0. The molecule has 0 aromatic heterocycles. The summed E-state index contributed by atoms with van der Waals surface area (Å²) in [6.07, 6.45) is 0.280. The van der Waals surface area contributed by atoms with Crippen LogP contribution in [0.5, 0.6) is 0 Å². The van der Waals surface area contributed by atoms with Crippen molar-refractivity contribution in [1.82, 2.24) is 10.6 Å². The first kappa shape index (κ1) is 15.3. The third kappa shape index (κ3) is 3.95. The van der Waals surface area contributed by atoms with E-state index < -0.39 is 5.54 Å². The lowest BCUT2D eigenvalue weighted by atomic mass is 10.1.